The summed E-state index contributed by atoms with van der Waals surface area (Å²) in [5.74, 6) is 0.0217. The molecule has 1 aliphatic heterocycles. The van der Waals surface area contributed by atoms with Crippen molar-refractivity contribution >= 4 is 5.91 Å². The fraction of sp³-hybridized carbons (Fsp3) is 0.500. The Morgan fingerprint density at radius 3 is 2.65 bits per heavy atom. The van der Waals surface area contributed by atoms with Gasteiger partial charge < -0.3 is 10.1 Å². The van der Waals surface area contributed by atoms with Gasteiger partial charge in [-0.2, -0.15) is 0 Å². The zero-order valence-corrected chi connectivity index (χ0v) is 10.5. The molecule has 0 radical (unpaired) electrons. The van der Waals surface area contributed by atoms with Crippen molar-refractivity contribution in [2.45, 2.75) is 32.2 Å². The lowest BCUT2D eigenvalue weighted by atomic mass is 9.82. The molecule has 92 valence electrons. The first kappa shape index (κ1) is 12.1. The molecular formula is C14H19NO2. The number of carbonyl (C=O) groups excluding carboxylic acids is 1. The van der Waals surface area contributed by atoms with Gasteiger partial charge in [0.15, 0.2) is 0 Å². The molecule has 0 atom stereocenters. The Bertz CT molecular complexity index is 408. The van der Waals surface area contributed by atoms with E-state index in [0.29, 0.717) is 13.2 Å². The summed E-state index contributed by atoms with van der Waals surface area (Å²) in [6.45, 7) is 5.06. The quantitative estimate of drug-likeness (QED) is 0.850. The third-order valence-electron chi connectivity index (χ3n) is 3.33. The van der Waals surface area contributed by atoms with Crippen molar-refractivity contribution in [3.63, 3.8) is 0 Å². The van der Waals surface area contributed by atoms with Crippen LogP contribution in [-0.2, 0) is 15.1 Å². The van der Waals surface area contributed by atoms with Crippen LogP contribution in [0, 0.1) is 6.92 Å². The van der Waals surface area contributed by atoms with E-state index in [1.165, 1.54) is 11.1 Å². The van der Waals surface area contributed by atoms with E-state index in [9.17, 15) is 4.79 Å². The lowest BCUT2D eigenvalue weighted by molar-refractivity contribution is -0.122. The van der Waals surface area contributed by atoms with Gasteiger partial charge in [0.25, 0.3) is 0 Å². The number of ether oxygens (including phenoxy) is 1. The van der Waals surface area contributed by atoms with Crippen molar-refractivity contribution in [3.8, 4) is 0 Å². The first-order chi connectivity index (χ1) is 8.12. The number of carbonyl (C=O) groups is 1. The number of hydrogen-bond donors (Lipinski definition) is 1. The minimum atomic E-state index is -0.240. The van der Waals surface area contributed by atoms with Crippen molar-refractivity contribution < 1.29 is 9.53 Å². The number of aryl methyl sites for hydroxylation is 1. The van der Waals surface area contributed by atoms with Crippen molar-refractivity contribution in [1.29, 1.82) is 0 Å². The second kappa shape index (κ2) is 4.88. The van der Waals surface area contributed by atoms with Crippen LogP contribution in [0.25, 0.3) is 0 Å². The first-order valence-electron chi connectivity index (χ1n) is 6.06. The molecule has 0 saturated carbocycles. The Labute approximate surface area is 102 Å². The van der Waals surface area contributed by atoms with E-state index < -0.39 is 0 Å². The average Bonchev–Trinajstić information content (AvgIpc) is 2.29. The topological polar surface area (TPSA) is 38.3 Å². The summed E-state index contributed by atoms with van der Waals surface area (Å²) >= 11 is 0. The Morgan fingerprint density at radius 1 is 1.35 bits per heavy atom. The maximum Gasteiger partial charge on any atom is 0.217 e. The summed E-state index contributed by atoms with van der Waals surface area (Å²) in [4.78, 5) is 11.4. The maximum atomic E-state index is 11.4. The SMILES string of the molecule is CC(=O)NC1(c2cccc(C)c2)CCOCC1. The highest BCUT2D eigenvalue weighted by atomic mass is 16.5. The molecule has 0 aromatic heterocycles. The number of hydrogen-bond acceptors (Lipinski definition) is 2. The third-order valence-corrected chi connectivity index (χ3v) is 3.33. The molecule has 2 rings (SSSR count). The number of amides is 1. The zero-order chi connectivity index (χ0) is 12.3. The van der Waals surface area contributed by atoms with Crippen LogP contribution in [0.1, 0.15) is 30.9 Å². The molecule has 1 aromatic carbocycles. The van der Waals surface area contributed by atoms with Gasteiger partial charge in [-0.05, 0) is 25.3 Å². The molecule has 1 fully saturated rings. The average molecular weight is 233 g/mol. The summed E-state index contributed by atoms with van der Waals surface area (Å²) in [5, 5.41) is 3.12. The molecule has 0 bridgehead atoms. The molecule has 1 N–H and O–H groups in total. The van der Waals surface area contributed by atoms with Crippen molar-refractivity contribution in [2.75, 3.05) is 13.2 Å². The van der Waals surface area contributed by atoms with Crippen molar-refractivity contribution in [3.05, 3.63) is 35.4 Å². The highest BCUT2D eigenvalue weighted by Gasteiger charge is 2.35. The maximum absolute atomic E-state index is 11.4. The van der Waals surface area contributed by atoms with E-state index in [0.717, 1.165) is 12.8 Å². The summed E-state index contributed by atoms with van der Waals surface area (Å²) < 4.78 is 5.41. The molecular weight excluding hydrogens is 214 g/mol. The minimum absolute atomic E-state index is 0.0217. The van der Waals surface area contributed by atoms with Crippen LogP contribution >= 0.6 is 0 Å². The van der Waals surface area contributed by atoms with E-state index in [4.69, 9.17) is 4.74 Å². The van der Waals surface area contributed by atoms with Gasteiger partial charge in [-0.15, -0.1) is 0 Å². The van der Waals surface area contributed by atoms with E-state index in [2.05, 4.69) is 30.4 Å². The molecule has 17 heavy (non-hydrogen) atoms. The van der Waals surface area contributed by atoms with E-state index in [1.807, 2.05) is 6.07 Å². The predicted octanol–water partition coefficient (Wildman–Crippen LogP) is 2.14. The van der Waals surface area contributed by atoms with Gasteiger partial charge in [0.1, 0.15) is 0 Å². The van der Waals surface area contributed by atoms with Gasteiger partial charge in [-0.3, -0.25) is 4.79 Å². The second-order valence-electron chi connectivity index (χ2n) is 4.75. The highest BCUT2D eigenvalue weighted by Crippen LogP contribution is 2.32. The van der Waals surface area contributed by atoms with Crippen molar-refractivity contribution in [2.24, 2.45) is 0 Å². The van der Waals surface area contributed by atoms with Gasteiger partial charge in [-0.1, -0.05) is 29.8 Å². The van der Waals surface area contributed by atoms with Crippen LogP contribution in [0.5, 0.6) is 0 Å². The van der Waals surface area contributed by atoms with Crippen LogP contribution in [0.2, 0.25) is 0 Å². The lowest BCUT2D eigenvalue weighted by Crippen LogP contribution is -2.48. The summed E-state index contributed by atoms with van der Waals surface area (Å²) in [6.07, 6.45) is 1.69. The van der Waals surface area contributed by atoms with E-state index >= 15 is 0 Å². The Morgan fingerprint density at radius 2 is 2.06 bits per heavy atom. The molecule has 1 saturated heterocycles. The fourth-order valence-electron chi connectivity index (χ4n) is 2.49. The van der Waals surface area contributed by atoms with Crippen molar-refractivity contribution in [1.82, 2.24) is 5.32 Å². The Kier molecular flexibility index (Phi) is 3.48. The molecule has 1 aromatic rings. The smallest absolute Gasteiger partial charge is 0.217 e. The van der Waals surface area contributed by atoms with Gasteiger partial charge >= 0.3 is 0 Å². The van der Waals surface area contributed by atoms with Gasteiger partial charge in [-0.25, -0.2) is 0 Å². The highest BCUT2D eigenvalue weighted by molar-refractivity contribution is 5.74. The monoisotopic (exact) mass is 233 g/mol. The summed E-state index contributed by atoms with van der Waals surface area (Å²) in [5.41, 5.74) is 2.17. The third kappa shape index (κ3) is 2.67. The first-order valence-corrected chi connectivity index (χ1v) is 6.06. The normalized spacial score (nSPS) is 18.7. The molecule has 1 heterocycles. The van der Waals surface area contributed by atoms with Crippen LogP contribution in [0.3, 0.4) is 0 Å². The summed E-state index contributed by atoms with van der Waals surface area (Å²) in [6, 6.07) is 8.36. The molecule has 0 unspecified atom stereocenters. The number of nitrogens with one attached hydrogen (secondary N) is 1. The van der Waals surface area contributed by atoms with Crippen LogP contribution in [0.15, 0.2) is 24.3 Å². The number of rotatable bonds is 2. The van der Waals surface area contributed by atoms with E-state index in [1.54, 1.807) is 6.92 Å². The predicted molar refractivity (Wildman–Crippen MR) is 66.7 cm³/mol. The molecule has 0 spiro atoms. The lowest BCUT2D eigenvalue weighted by Gasteiger charge is -2.38. The molecule has 0 aliphatic carbocycles. The van der Waals surface area contributed by atoms with E-state index in [-0.39, 0.29) is 11.4 Å². The Hall–Kier alpha value is -1.35. The number of benzene rings is 1. The van der Waals surface area contributed by atoms with Gasteiger partial charge in [0.2, 0.25) is 5.91 Å². The van der Waals surface area contributed by atoms with Crippen LogP contribution < -0.4 is 5.32 Å². The molecule has 3 nitrogen and oxygen atoms in total. The fourth-order valence-corrected chi connectivity index (χ4v) is 2.49. The largest absolute Gasteiger partial charge is 0.381 e. The Balaban J connectivity index is 2.35. The minimum Gasteiger partial charge on any atom is -0.381 e. The molecule has 3 heteroatoms. The standard InChI is InChI=1S/C14H19NO2/c1-11-4-3-5-13(10-11)14(15-12(2)16)6-8-17-9-7-14/h3-5,10H,6-9H2,1-2H3,(H,15,16). The molecule has 1 aliphatic rings. The zero-order valence-electron chi connectivity index (χ0n) is 10.5. The summed E-state index contributed by atoms with van der Waals surface area (Å²) in [7, 11) is 0. The molecule has 1 amide bonds. The second-order valence-corrected chi connectivity index (χ2v) is 4.75. The van der Waals surface area contributed by atoms with Gasteiger partial charge in [0, 0.05) is 20.1 Å². The van der Waals surface area contributed by atoms with Gasteiger partial charge in [0.05, 0.1) is 5.54 Å². The van der Waals surface area contributed by atoms with Crippen LogP contribution in [-0.4, -0.2) is 19.1 Å². The van der Waals surface area contributed by atoms with Crippen LogP contribution in [0.4, 0.5) is 0 Å².